The molecule has 0 bridgehead atoms. The van der Waals surface area contributed by atoms with Crippen LogP contribution in [0.3, 0.4) is 0 Å². The Labute approximate surface area is 98.1 Å². The Morgan fingerprint density at radius 3 is 2.88 bits per heavy atom. The van der Waals surface area contributed by atoms with E-state index in [-0.39, 0.29) is 5.69 Å². The van der Waals surface area contributed by atoms with Gasteiger partial charge in [-0.25, -0.2) is 0 Å². The van der Waals surface area contributed by atoms with E-state index < -0.39 is 4.92 Å². The third-order valence-corrected chi connectivity index (χ3v) is 3.13. The molecule has 0 unspecified atom stereocenters. The van der Waals surface area contributed by atoms with Gasteiger partial charge in [-0.15, -0.1) is 11.8 Å². The lowest BCUT2D eigenvalue weighted by molar-refractivity contribution is -0.384. The maximum Gasteiger partial charge on any atom is 0.271 e. The van der Waals surface area contributed by atoms with Gasteiger partial charge in [0, 0.05) is 36.5 Å². The summed E-state index contributed by atoms with van der Waals surface area (Å²) in [7, 11) is 1.66. The van der Waals surface area contributed by atoms with E-state index in [0.29, 0.717) is 12.3 Å². The van der Waals surface area contributed by atoms with Gasteiger partial charge in [0.15, 0.2) is 0 Å². The second-order valence-corrected chi connectivity index (χ2v) is 4.31. The number of rotatable bonds is 6. The molecule has 6 heteroatoms. The number of thioether (sulfide) groups is 1. The van der Waals surface area contributed by atoms with Gasteiger partial charge in [-0.2, -0.15) is 0 Å². The van der Waals surface area contributed by atoms with Crippen LogP contribution in [0.5, 0.6) is 0 Å². The molecule has 0 fully saturated rings. The van der Waals surface area contributed by atoms with Crippen LogP contribution in [0.25, 0.3) is 0 Å². The zero-order chi connectivity index (χ0) is 12.0. The van der Waals surface area contributed by atoms with Crippen molar-refractivity contribution in [3.63, 3.8) is 0 Å². The molecule has 1 aromatic rings. The van der Waals surface area contributed by atoms with Crippen molar-refractivity contribution < 1.29 is 9.66 Å². The molecule has 0 aliphatic carbocycles. The number of nitrogens with zero attached hydrogens (tertiary/aromatic N) is 1. The fourth-order valence-corrected chi connectivity index (χ4v) is 2.04. The minimum Gasteiger partial charge on any atom is -0.398 e. The molecule has 0 amide bonds. The fourth-order valence-electron chi connectivity index (χ4n) is 1.17. The molecule has 1 aromatic carbocycles. The van der Waals surface area contributed by atoms with Crippen molar-refractivity contribution in [1.82, 2.24) is 0 Å². The smallest absolute Gasteiger partial charge is 0.271 e. The lowest BCUT2D eigenvalue weighted by Crippen LogP contribution is -1.95. The fraction of sp³-hybridized carbons (Fsp3) is 0.400. The molecule has 0 radical (unpaired) electrons. The number of anilines is 1. The molecule has 0 heterocycles. The van der Waals surface area contributed by atoms with Gasteiger partial charge in [0.1, 0.15) is 0 Å². The minimum absolute atomic E-state index is 0.0266. The van der Waals surface area contributed by atoms with E-state index in [2.05, 4.69) is 0 Å². The number of nitrogen functional groups attached to an aromatic ring is 1. The molecular weight excluding hydrogens is 228 g/mol. The van der Waals surface area contributed by atoms with Gasteiger partial charge in [0.05, 0.1) is 10.6 Å². The summed E-state index contributed by atoms with van der Waals surface area (Å²) in [5.41, 5.74) is 6.20. The normalized spacial score (nSPS) is 10.3. The first kappa shape index (κ1) is 12.8. The van der Waals surface area contributed by atoms with Crippen LogP contribution in [-0.2, 0) is 4.74 Å². The molecule has 2 N–H and O–H groups in total. The highest BCUT2D eigenvalue weighted by atomic mass is 32.2. The van der Waals surface area contributed by atoms with Gasteiger partial charge < -0.3 is 10.5 Å². The summed E-state index contributed by atoms with van der Waals surface area (Å²) in [6, 6.07) is 4.54. The van der Waals surface area contributed by atoms with E-state index in [4.69, 9.17) is 10.5 Å². The maximum absolute atomic E-state index is 10.5. The van der Waals surface area contributed by atoms with Gasteiger partial charge >= 0.3 is 0 Å². The second kappa shape index (κ2) is 6.34. The molecule has 0 aliphatic heterocycles. The van der Waals surface area contributed by atoms with Crippen molar-refractivity contribution in [2.24, 2.45) is 0 Å². The van der Waals surface area contributed by atoms with E-state index in [9.17, 15) is 10.1 Å². The summed E-state index contributed by atoms with van der Waals surface area (Å²) in [5.74, 6) is 0.885. The Balaban J connectivity index is 2.57. The Kier molecular flexibility index (Phi) is 5.07. The maximum atomic E-state index is 10.5. The summed E-state index contributed by atoms with van der Waals surface area (Å²) in [6.45, 7) is 0.708. The molecule has 0 saturated carbocycles. The van der Waals surface area contributed by atoms with Crippen LogP contribution >= 0.6 is 11.8 Å². The monoisotopic (exact) mass is 242 g/mol. The second-order valence-electron chi connectivity index (χ2n) is 3.17. The molecule has 0 saturated heterocycles. The molecule has 0 aromatic heterocycles. The highest BCUT2D eigenvalue weighted by Gasteiger charge is 2.08. The van der Waals surface area contributed by atoms with Crippen molar-refractivity contribution in [2.45, 2.75) is 11.3 Å². The lowest BCUT2D eigenvalue weighted by Gasteiger charge is -2.04. The highest BCUT2D eigenvalue weighted by molar-refractivity contribution is 7.99. The number of methoxy groups -OCH3 is 1. The lowest BCUT2D eigenvalue weighted by atomic mass is 10.3. The SMILES string of the molecule is COCCCSc1ccc([N+](=O)[O-])cc1N. The number of hydrogen-bond donors (Lipinski definition) is 1. The predicted octanol–water partition coefficient (Wildman–Crippen LogP) is 2.31. The largest absolute Gasteiger partial charge is 0.398 e. The van der Waals surface area contributed by atoms with Crippen LogP contribution in [0.2, 0.25) is 0 Å². The number of nitro groups is 1. The van der Waals surface area contributed by atoms with Gasteiger partial charge in [0.25, 0.3) is 5.69 Å². The minimum atomic E-state index is -0.449. The third kappa shape index (κ3) is 3.71. The van der Waals surface area contributed by atoms with Crippen molar-refractivity contribution in [1.29, 1.82) is 0 Å². The van der Waals surface area contributed by atoms with Crippen LogP contribution in [-0.4, -0.2) is 24.4 Å². The molecule has 88 valence electrons. The van der Waals surface area contributed by atoms with E-state index >= 15 is 0 Å². The number of benzene rings is 1. The van der Waals surface area contributed by atoms with Gasteiger partial charge in [-0.1, -0.05) is 0 Å². The number of nitrogens with two attached hydrogens (primary N) is 1. The number of hydrogen-bond acceptors (Lipinski definition) is 5. The van der Waals surface area contributed by atoms with Gasteiger partial charge in [-0.05, 0) is 12.5 Å². The van der Waals surface area contributed by atoms with Crippen molar-refractivity contribution >= 4 is 23.1 Å². The average molecular weight is 242 g/mol. The number of nitro benzene ring substituents is 1. The van der Waals surface area contributed by atoms with Crippen LogP contribution in [0, 0.1) is 10.1 Å². The summed E-state index contributed by atoms with van der Waals surface area (Å²) in [4.78, 5) is 10.9. The number of ether oxygens (including phenoxy) is 1. The third-order valence-electron chi connectivity index (χ3n) is 1.95. The first-order valence-electron chi connectivity index (χ1n) is 4.81. The summed E-state index contributed by atoms with van der Waals surface area (Å²) >= 11 is 1.58. The quantitative estimate of drug-likeness (QED) is 0.272. The molecule has 5 nitrogen and oxygen atoms in total. The standard InChI is InChI=1S/C10H14N2O3S/c1-15-5-2-6-16-10-4-3-8(12(13)14)7-9(10)11/h3-4,7H,2,5-6,11H2,1H3. The Bertz CT molecular complexity index is 371. The summed E-state index contributed by atoms with van der Waals surface area (Å²) in [5, 5.41) is 10.5. The highest BCUT2D eigenvalue weighted by Crippen LogP contribution is 2.28. The average Bonchev–Trinajstić information content (AvgIpc) is 2.26. The van der Waals surface area contributed by atoms with Crippen molar-refractivity contribution in [3.8, 4) is 0 Å². The zero-order valence-corrected chi connectivity index (χ0v) is 9.83. The topological polar surface area (TPSA) is 78.4 Å². The molecule has 16 heavy (non-hydrogen) atoms. The molecule has 1 rings (SSSR count). The Morgan fingerprint density at radius 2 is 2.31 bits per heavy atom. The van der Waals surface area contributed by atoms with Crippen molar-refractivity contribution in [2.75, 3.05) is 25.2 Å². The predicted molar refractivity (Wildman–Crippen MR) is 64.7 cm³/mol. The summed E-state index contributed by atoms with van der Waals surface area (Å²) in [6.07, 6.45) is 0.928. The summed E-state index contributed by atoms with van der Waals surface area (Å²) < 4.78 is 4.93. The van der Waals surface area contributed by atoms with Crippen LogP contribution in [0.4, 0.5) is 11.4 Å². The zero-order valence-electron chi connectivity index (χ0n) is 9.01. The van der Waals surface area contributed by atoms with Gasteiger partial charge in [-0.3, -0.25) is 10.1 Å². The van der Waals surface area contributed by atoms with E-state index in [1.165, 1.54) is 12.1 Å². The number of non-ortho nitro benzene ring substituents is 1. The van der Waals surface area contributed by atoms with Gasteiger partial charge in [0.2, 0.25) is 0 Å². The Morgan fingerprint density at radius 1 is 1.56 bits per heavy atom. The molecule has 0 aliphatic rings. The van der Waals surface area contributed by atoms with Crippen LogP contribution in [0.15, 0.2) is 23.1 Å². The van der Waals surface area contributed by atoms with Crippen LogP contribution < -0.4 is 5.73 Å². The first-order valence-corrected chi connectivity index (χ1v) is 5.79. The van der Waals surface area contributed by atoms with Crippen molar-refractivity contribution in [3.05, 3.63) is 28.3 Å². The first-order chi connectivity index (χ1) is 7.65. The molecule has 0 atom stereocenters. The van der Waals surface area contributed by atoms with E-state index in [1.54, 1.807) is 24.9 Å². The van der Waals surface area contributed by atoms with E-state index in [0.717, 1.165) is 17.1 Å². The molecule has 0 spiro atoms. The molecular formula is C10H14N2O3S. The van der Waals surface area contributed by atoms with E-state index in [1.807, 2.05) is 0 Å². The van der Waals surface area contributed by atoms with Crippen LogP contribution in [0.1, 0.15) is 6.42 Å². The Hall–Kier alpha value is -1.27.